The molecule has 8 rings (SSSR count). The number of fused-ring (bicyclic) bond motifs is 5. The summed E-state index contributed by atoms with van der Waals surface area (Å²) in [5.74, 6) is 0.874. The molecule has 0 N–H and O–H groups in total. The SMILES string of the molecule is [2H]C([2H])([2H])c1nc2ccc(Oc3[c-]c(-c4cc(-c5ccccc5)ccn4)ccc3)[c-]c2c2nc3cccc(-c4ccccc4[Si](C)(C)C)c3n12.[Pt+2]. The average Bonchev–Trinajstić information content (AvgIpc) is 3.51. The molecule has 0 aliphatic heterocycles. The van der Waals surface area contributed by atoms with Gasteiger partial charge in [-0.05, 0) is 46.9 Å². The molecule has 48 heavy (non-hydrogen) atoms. The molecule has 0 radical (unpaired) electrons. The fourth-order valence-corrected chi connectivity index (χ4v) is 7.83. The van der Waals surface area contributed by atoms with Crippen LogP contribution in [0.1, 0.15) is 9.94 Å². The molecule has 0 aliphatic rings. The second kappa shape index (κ2) is 12.6. The summed E-state index contributed by atoms with van der Waals surface area (Å²) >= 11 is 0. The van der Waals surface area contributed by atoms with Crippen LogP contribution in [-0.4, -0.2) is 27.4 Å². The molecule has 5 nitrogen and oxygen atoms in total. The molecule has 236 valence electrons. The van der Waals surface area contributed by atoms with E-state index in [1.165, 1.54) is 5.19 Å². The normalized spacial score (nSPS) is 12.8. The molecular weight excluding hydrogens is 788 g/mol. The van der Waals surface area contributed by atoms with E-state index >= 15 is 0 Å². The predicted octanol–water partition coefficient (Wildman–Crippen LogP) is 9.68. The molecule has 0 unspecified atom stereocenters. The monoisotopic (exact) mass is 822 g/mol. The van der Waals surface area contributed by atoms with Crippen molar-refractivity contribution in [1.82, 2.24) is 19.4 Å². The van der Waals surface area contributed by atoms with Gasteiger partial charge in [-0.1, -0.05) is 121 Å². The van der Waals surface area contributed by atoms with Crippen LogP contribution in [0.3, 0.4) is 0 Å². The van der Waals surface area contributed by atoms with Gasteiger partial charge in [-0.15, -0.1) is 29.8 Å². The van der Waals surface area contributed by atoms with E-state index < -0.39 is 14.9 Å². The Balaban J connectivity index is 0.00000406. The molecule has 0 saturated heterocycles. The van der Waals surface area contributed by atoms with Crippen LogP contribution in [0, 0.1) is 19.0 Å². The van der Waals surface area contributed by atoms with Crippen molar-refractivity contribution in [2.24, 2.45) is 0 Å². The Morgan fingerprint density at radius 1 is 0.708 bits per heavy atom. The number of nitrogens with zero attached hydrogens (tertiary/aromatic N) is 4. The number of imidazole rings is 1. The van der Waals surface area contributed by atoms with Gasteiger partial charge in [0.15, 0.2) is 0 Å². The van der Waals surface area contributed by atoms with E-state index in [0.29, 0.717) is 39.1 Å². The van der Waals surface area contributed by atoms with Crippen molar-refractivity contribution in [3.8, 4) is 45.0 Å². The Morgan fingerprint density at radius 3 is 2.31 bits per heavy atom. The number of rotatable bonds is 6. The molecule has 3 heterocycles. The molecule has 3 aromatic heterocycles. The van der Waals surface area contributed by atoms with E-state index in [2.05, 4.69) is 67.1 Å². The van der Waals surface area contributed by atoms with Crippen LogP contribution < -0.4 is 9.92 Å². The van der Waals surface area contributed by atoms with E-state index in [4.69, 9.17) is 18.8 Å². The predicted molar refractivity (Wildman–Crippen MR) is 194 cm³/mol. The molecule has 0 saturated carbocycles. The van der Waals surface area contributed by atoms with Crippen LogP contribution in [0.25, 0.3) is 61.1 Å². The Bertz CT molecular complexity index is 2560. The Morgan fingerprint density at radius 2 is 1.48 bits per heavy atom. The second-order valence-electron chi connectivity index (χ2n) is 12.6. The van der Waals surface area contributed by atoms with Crippen LogP contribution in [0.15, 0.2) is 121 Å². The molecule has 0 spiro atoms. The zero-order valence-electron chi connectivity index (χ0n) is 29.6. The summed E-state index contributed by atoms with van der Waals surface area (Å²) < 4.78 is 33.5. The Hall–Kier alpha value is -4.90. The topological polar surface area (TPSA) is 52.3 Å². The first-order chi connectivity index (χ1) is 24.0. The third-order valence-corrected chi connectivity index (χ3v) is 10.4. The van der Waals surface area contributed by atoms with Crippen LogP contribution in [-0.2, 0) is 21.1 Å². The number of aryl methyl sites for hydroxylation is 1. The second-order valence-corrected chi connectivity index (χ2v) is 17.6. The first kappa shape index (κ1) is 28.1. The number of hydrogen-bond donors (Lipinski definition) is 0. The summed E-state index contributed by atoms with van der Waals surface area (Å²) in [4.78, 5) is 14.3. The van der Waals surface area contributed by atoms with Gasteiger partial charge in [-0.25, -0.2) is 0 Å². The van der Waals surface area contributed by atoms with Crippen LogP contribution >= 0.6 is 0 Å². The quantitative estimate of drug-likeness (QED) is 0.124. The van der Waals surface area contributed by atoms with Crippen molar-refractivity contribution in [3.63, 3.8) is 0 Å². The number of ether oxygens (including phenoxy) is 1. The first-order valence-corrected chi connectivity index (χ1v) is 19.0. The van der Waals surface area contributed by atoms with Gasteiger partial charge in [-0.2, -0.15) is 0 Å². The molecule has 5 aromatic carbocycles. The molecule has 0 fully saturated rings. The van der Waals surface area contributed by atoms with E-state index in [9.17, 15) is 0 Å². The standard InChI is InChI=1S/C41H32N4OSi.Pt/c1-27-43-36-21-20-32(46-31-15-10-14-30(24-31)38-25-29(22-23-42-38)28-12-6-5-7-13-28)26-35(36)41-44-37-18-11-17-34(40(37)45(27)41)33-16-8-9-19-39(33)47(2,3)4;/h5-23,25H,1-4H3;/q-2;+2/i1D3;. The fourth-order valence-electron chi connectivity index (χ4n) is 6.21. The summed E-state index contributed by atoms with van der Waals surface area (Å²) in [5, 5.41) is 1.85. The summed E-state index contributed by atoms with van der Waals surface area (Å²) in [7, 11) is -1.76. The number of para-hydroxylation sites is 1. The van der Waals surface area contributed by atoms with Gasteiger partial charge < -0.3 is 14.1 Å². The number of aromatic nitrogens is 4. The minimum absolute atomic E-state index is 0. The number of pyridine rings is 1. The van der Waals surface area contributed by atoms with E-state index in [0.717, 1.165) is 33.5 Å². The van der Waals surface area contributed by atoms with Crippen LogP contribution in [0.4, 0.5) is 0 Å². The largest absolute Gasteiger partial charge is 2.00 e. The molecule has 8 aromatic rings. The van der Waals surface area contributed by atoms with Gasteiger partial charge in [0.1, 0.15) is 0 Å². The molecule has 0 bridgehead atoms. The Kier molecular flexibility index (Phi) is 7.39. The van der Waals surface area contributed by atoms with Gasteiger partial charge in [0.2, 0.25) is 0 Å². The van der Waals surface area contributed by atoms with E-state index in [1.54, 1.807) is 22.7 Å². The van der Waals surface area contributed by atoms with Crippen LogP contribution in [0.2, 0.25) is 19.6 Å². The van der Waals surface area contributed by atoms with Crippen molar-refractivity contribution in [2.45, 2.75) is 26.5 Å². The summed E-state index contributed by atoms with van der Waals surface area (Å²) in [6.07, 6.45) is 1.80. The van der Waals surface area contributed by atoms with Crippen molar-refractivity contribution in [3.05, 3.63) is 139 Å². The number of benzene rings is 5. The number of hydrogen-bond acceptors (Lipinski definition) is 4. The molecule has 7 heteroatoms. The fraction of sp³-hybridized carbons (Fsp3) is 0.0976. The van der Waals surface area contributed by atoms with Crippen molar-refractivity contribution < 1.29 is 29.9 Å². The maximum Gasteiger partial charge on any atom is 2.00 e. The van der Waals surface area contributed by atoms with Crippen LogP contribution in [0.5, 0.6) is 11.5 Å². The maximum atomic E-state index is 8.49. The summed E-state index contributed by atoms with van der Waals surface area (Å²) in [6, 6.07) is 44.4. The molecular formula is C41H32N4OPtSi. The molecule has 0 amide bonds. The smallest absolute Gasteiger partial charge is 0.497 e. The van der Waals surface area contributed by atoms with Gasteiger partial charge in [0.05, 0.1) is 30.6 Å². The zero-order valence-corrected chi connectivity index (χ0v) is 29.8. The Labute approximate surface area is 299 Å². The van der Waals surface area contributed by atoms with Gasteiger partial charge >= 0.3 is 21.1 Å². The zero-order chi connectivity index (χ0) is 34.6. The average molecular weight is 823 g/mol. The molecule has 0 aliphatic carbocycles. The van der Waals surface area contributed by atoms with E-state index in [1.807, 2.05) is 72.8 Å². The first-order valence-electron chi connectivity index (χ1n) is 17.0. The molecule has 0 atom stereocenters. The maximum absolute atomic E-state index is 8.49. The third kappa shape index (κ3) is 5.76. The van der Waals surface area contributed by atoms with E-state index in [-0.39, 0.29) is 26.9 Å². The van der Waals surface area contributed by atoms with Gasteiger partial charge in [0.25, 0.3) is 0 Å². The van der Waals surface area contributed by atoms with Crippen molar-refractivity contribution >= 4 is 40.8 Å². The third-order valence-electron chi connectivity index (χ3n) is 8.39. The van der Waals surface area contributed by atoms with Crippen molar-refractivity contribution in [2.75, 3.05) is 0 Å². The van der Waals surface area contributed by atoms with Gasteiger partial charge in [0, 0.05) is 27.4 Å². The van der Waals surface area contributed by atoms with Crippen molar-refractivity contribution in [1.29, 1.82) is 0 Å². The minimum atomic E-state index is -2.50. The van der Waals surface area contributed by atoms with Gasteiger partial charge in [-0.3, -0.25) is 9.97 Å². The minimum Gasteiger partial charge on any atom is -0.497 e. The summed E-state index contributed by atoms with van der Waals surface area (Å²) in [6.45, 7) is 4.43. The summed E-state index contributed by atoms with van der Waals surface area (Å²) in [5.41, 5.74) is 8.04.